The van der Waals surface area contributed by atoms with Gasteiger partial charge in [0.2, 0.25) is 0 Å². The third-order valence-corrected chi connectivity index (χ3v) is 11.0. The zero-order valence-electron chi connectivity index (χ0n) is 35.9. The van der Waals surface area contributed by atoms with E-state index in [1.807, 2.05) is 24.4 Å². The van der Waals surface area contributed by atoms with Crippen LogP contribution in [0.3, 0.4) is 0 Å². The van der Waals surface area contributed by atoms with Gasteiger partial charge in [-0.3, -0.25) is 4.57 Å². The first kappa shape index (κ1) is 41.2. The van der Waals surface area contributed by atoms with Gasteiger partial charge in [0.25, 0.3) is 6.33 Å². The van der Waals surface area contributed by atoms with E-state index in [1.54, 1.807) is 0 Å². The first-order valence-electron chi connectivity index (χ1n) is 20.1. The summed E-state index contributed by atoms with van der Waals surface area (Å²) in [5.74, 6) is 2.06. The number of aromatic nitrogens is 4. The van der Waals surface area contributed by atoms with Gasteiger partial charge in [0.1, 0.15) is 5.82 Å². The average Bonchev–Trinajstić information content (AvgIpc) is 3.69. The molecule has 0 fully saturated rings. The van der Waals surface area contributed by atoms with Crippen LogP contribution in [0.5, 0.6) is 11.5 Å². The fourth-order valence-electron chi connectivity index (χ4n) is 7.48. The quantitative estimate of drug-likeness (QED) is 0.127. The number of hydrogen-bond acceptors (Lipinski definition) is 2. The number of rotatable bonds is 5. The Hall–Kier alpha value is -4.99. The second-order valence-electron chi connectivity index (χ2n) is 19.6. The Morgan fingerprint density at radius 1 is 0.552 bits per heavy atom. The largest absolute Gasteiger partial charge is 0.510 e. The molecule has 5 aromatic carbocycles. The molecule has 0 radical (unpaired) electrons. The predicted octanol–water partition coefficient (Wildman–Crippen LogP) is 12.8. The molecule has 8 aromatic rings. The molecule has 3 heterocycles. The van der Waals surface area contributed by atoms with Gasteiger partial charge in [0.15, 0.2) is 0 Å². The molecule has 0 N–H and O–H groups in total. The Morgan fingerprint density at radius 3 is 1.86 bits per heavy atom. The summed E-state index contributed by atoms with van der Waals surface area (Å²) in [5, 5.41) is 2.27. The van der Waals surface area contributed by atoms with E-state index in [4.69, 9.17) is 9.72 Å². The summed E-state index contributed by atoms with van der Waals surface area (Å²) in [4.78, 5) is 4.90. The van der Waals surface area contributed by atoms with E-state index >= 15 is 0 Å². The fourth-order valence-corrected chi connectivity index (χ4v) is 7.48. The Kier molecular flexibility index (Phi) is 10.4. The molecule has 0 bridgehead atoms. The number of pyridine rings is 1. The van der Waals surface area contributed by atoms with Crippen molar-refractivity contribution in [3.8, 4) is 28.7 Å². The van der Waals surface area contributed by atoms with Gasteiger partial charge in [0, 0.05) is 44.3 Å². The second kappa shape index (κ2) is 14.7. The monoisotopic (exact) mass is 945 g/mol. The summed E-state index contributed by atoms with van der Waals surface area (Å²) >= 11 is 0. The van der Waals surface area contributed by atoms with Crippen molar-refractivity contribution in [3.05, 3.63) is 150 Å². The van der Waals surface area contributed by atoms with E-state index in [1.165, 1.54) is 27.6 Å². The molecular formula is C52H54N4OPt-2. The van der Waals surface area contributed by atoms with Crippen LogP contribution in [0, 0.1) is 18.5 Å². The number of benzene rings is 5. The Balaban J connectivity index is 0.00000512. The number of para-hydroxylation sites is 2. The van der Waals surface area contributed by atoms with Crippen molar-refractivity contribution in [2.24, 2.45) is 0 Å². The minimum absolute atomic E-state index is 0. The van der Waals surface area contributed by atoms with Crippen LogP contribution >= 0.6 is 0 Å². The van der Waals surface area contributed by atoms with Gasteiger partial charge in [-0.25, -0.2) is 4.98 Å². The van der Waals surface area contributed by atoms with Gasteiger partial charge < -0.3 is 13.9 Å². The van der Waals surface area contributed by atoms with Gasteiger partial charge >= 0.3 is 0 Å². The van der Waals surface area contributed by atoms with Crippen molar-refractivity contribution in [2.75, 3.05) is 0 Å². The van der Waals surface area contributed by atoms with Crippen LogP contribution in [-0.2, 0) is 42.7 Å². The fraction of sp³-hybridized carbons (Fsp3) is 0.308. The molecule has 0 saturated carbocycles. The van der Waals surface area contributed by atoms with E-state index < -0.39 is 0 Å². The maximum absolute atomic E-state index is 6.62. The maximum Gasteiger partial charge on any atom is 0.268 e. The van der Waals surface area contributed by atoms with Crippen LogP contribution in [0.4, 0.5) is 0 Å². The van der Waals surface area contributed by atoms with Gasteiger partial charge in [0.05, 0.1) is 16.7 Å². The van der Waals surface area contributed by atoms with Gasteiger partial charge in [-0.2, -0.15) is 18.2 Å². The molecule has 0 aliphatic heterocycles. The Labute approximate surface area is 359 Å². The first-order valence-corrected chi connectivity index (χ1v) is 20.1. The number of ether oxygens (including phenoxy) is 1. The Morgan fingerprint density at radius 2 is 1.19 bits per heavy atom. The van der Waals surface area contributed by atoms with Crippen LogP contribution in [0.15, 0.2) is 109 Å². The first-order chi connectivity index (χ1) is 26.8. The molecular weight excluding hydrogens is 892 g/mol. The molecule has 5 nitrogen and oxygen atoms in total. The molecule has 3 aromatic heterocycles. The standard InChI is InChI=1S/C52H54N4O.Pt/c1-49(2,3)34-20-23-44-43(29-34)42-22-21-41(32-47(42)56(44)48-30-35(24-25-53-48)50(4,5)6)57-40-17-15-16-38(31-40)54-33-55(46-19-14-13-18-45(46)54)39-27-36(51(7,8)9)26-37(28-39)52(10,11)12;/h13-30H,1-12H3;/q-2;. The summed E-state index contributed by atoms with van der Waals surface area (Å²) < 4.78 is 13.1. The normalized spacial score (nSPS) is 12.7. The van der Waals surface area contributed by atoms with E-state index in [9.17, 15) is 0 Å². The summed E-state index contributed by atoms with van der Waals surface area (Å²) in [6.45, 7) is 27.1. The third kappa shape index (κ3) is 7.78. The maximum atomic E-state index is 6.62. The molecule has 0 aliphatic carbocycles. The van der Waals surface area contributed by atoms with E-state index in [0.717, 1.165) is 44.6 Å². The summed E-state index contributed by atoms with van der Waals surface area (Å²) in [6.07, 6.45) is 5.61. The number of imidazole rings is 1. The molecule has 0 spiro atoms. The van der Waals surface area contributed by atoms with Crippen molar-refractivity contribution < 1.29 is 30.4 Å². The summed E-state index contributed by atoms with van der Waals surface area (Å²) in [7, 11) is 0. The van der Waals surface area contributed by atoms with Gasteiger partial charge in [-0.1, -0.05) is 131 Å². The van der Waals surface area contributed by atoms with Crippen LogP contribution in [0.25, 0.3) is 50.0 Å². The number of hydrogen-bond donors (Lipinski definition) is 0. The molecule has 0 amide bonds. The summed E-state index contributed by atoms with van der Waals surface area (Å²) in [6, 6.07) is 43.9. The predicted molar refractivity (Wildman–Crippen MR) is 235 cm³/mol. The van der Waals surface area contributed by atoms with Crippen molar-refractivity contribution >= 4 is 32.8 Å². The van der Waals surface area contributed by atoms with Crippen LogP contribution < -0.4 is 9.30 Å². The molecule has 58 heavy (non-hydrogen) atoms. The molecule has 0 saturated heterocycles. The number of fused-ring (bicyclic) bond motifs is 4. The van der Waals surface area contributed by atoms with Crippen molar-refractivity contribution in [2.45, 2.75) is 105 Å². The van der Waals surface area contributed by atoms with E-state index in [-0.39, 0.29) is 42.7 Å². The molecule has 6 heteroatoms. The SMILES string of the molecule is CC(C)(C)c1cc(-[n+]2[c-]n(-c3[c-]c(Oc4[c-]c5c(cc4)c4cc(C(C)(C)C)ccc4n5-c4cc(C(C)(C)C)ccn4)ccc3)c3ccccc32)cc(C(C)(C)C)c1.[Pt]. The minimum atomic E-state index is -0.0255. The smallest absolute Gasteiger partial charge is 0.268 e. The molecule has 300 valence electrons. The van der Waals surface area contributed by atoms with Gasteiger partial charge in [-0.05, 0) is 85.3 Å². The van der Waals surface area contributed by atoms with E-state index in [0.29, 0.717) is 11.5 Å². The van der Waals surface area contributed by atoms with Crippen LogP contribution in [0.2, 0.25) is 0 Å². The molecule has 0 atom stereocenters. The molecule has 8 rings (SSSR count). The third-order valence-electron chi connectivity index (χ3n) is 11.0. The Bertz CT molecular complexity index is 2780. The van der Waals surface area contributed by atoms with Crippen molar-refractivity contribution in [3.63, 3.8) is 0 Å². The average molecular weight is 946 g/mol. The van der Waals surface area contributed by atoms with Gasteiger partial charge in [-0.15, -0.1) is 29.7 Å². The number of nitrogens with zero attached hydrogens (tertiary/aromatic N) is 4. The van der Waals surface area contributed by atoms with Crippen LogP contribution in [-0.4, -0.2) is 14.1 Å². The van der Waals surface area contributed by atoms with Crippen molar-refractivity contribution in [1.82, 2.24) is 14.1 Å². The zero-order chi connectivity index (χ0) is 40.7. The molecule has 0 unspecified atom stereocenters. The molecule has 0 aliphatic rings. The zero-order valence-corrected chi connectivity index (χ0v) is 38.2. The minimum Gasteiger partial charge on any atom is -0.510 e. The summed E-state index contributed by atoms with van der Waals surface area (Å²) in [5.41, 5.74) is 11.1. The second-order valence-corrected chi connectivity index (χ2v) is 19.6. The van der Waals surface area contributed by atoms with Crippen molar-refractivity contribution in [1.29, 1.82) is 0 Å². The van der Waals surface area contributed by atoms with Crippen LogP contribution in [0.1, 0.15) is 105 Å². The topological polar surface area (TPSA) is 35.9 Å². The van der Waals surface area contributed by atoms with E-state index in [2.05, 4.69) is 200 Å².